The van der Waals surface area contributed by atoms with E-state index in [9.17, 15) is 4.79 Å². The second kappa shape index (κ2) is 6.94. The van der Waals surface area contributed by atoms with Crippen molar-refractivity contribution < 1.29 is 14.3 Å². The molecule has 1 aliphatic rings. The lowest BCUT2D eigenvalue weighted by molar-refractivity contribution is -0.128. The zero-order valence-electron chi connectivity index (χ0n) is 7.58. The molecule has 1 fully saturated rings. The molecule has 12 heavy (non-hydrogen) atoms. The third-order valence-corrected chi connectivity index (χ3v) is 1.40. The minimum absolute atomic E-state index is 0.278. The largest absolute Gasteiger partial charge is 0.379 e. The zero-order valence-corrected chi connectivity index (χ0v) is 7.58. The Kier molecular flexibility index (Phi) is 6.51. The first-order valence-electron chi connectivity index (χ1n) is 3.89. The molecule has 4 nitrogen and oxygen atoms in total. The monoisotopic (exact) mass is 173 g/mol. The molecule has 0 amide bonds. The van der Waals surface area contributed by atoms with Crippen molar-refractivity contribution in [1.29, 1.82) is 0 Å². The molecule has 0 spiro atoms. The maximum absolute atomic E-state index is 9.44. The number of likely N-dealkylation sites (N-methyl/N-ethyl adjacent to an activating group) is 1. The lowest BCUT2D eigenvalue weighted by atomic mass is 10.5. The van der Waals surface area contributed by atoms with Gasteiger partial charge in [0.25, 0.3) is 0 Å². The van der Waals surface area contributed by atoms with E-state index in [4.69, 9.17) is 9.53 Å². The highest BCUT2D eigenvalue weighted by molar-refractivity contribution is 6.23. The summed E-state index contributed by atoms with van der Waals surface area (Å²) in [6, 6.07) is 0. The van der Waals surface area contributed by atoms with E-state index in [-0.39, 0.29) is 6.29 Å². The number of ketones is 1. The van der Waals surface area contributed by atoms with Gasteiger partial charge in [0.1, 0.15) is 0 Å². The van der Waals surface area contributed by atoms with Gasteiger partial charge in [0.2, 0.25) is 0 Å². The van der Waals surface area contributed by atoms with Crippen LogP contribution in [0.3, 0.4) is 0 Å². The molecular formula is C8H15NO3. The lowest BCUT2D eigenvalue weighted by Gasteiger charge is -2.21. The predicted octanol–water partition coefficient (Wildman–Crippen LogP) is -0.277. The third kappa shape index (κ3) is 7.37. The Balaban J connectivity index is 0.000000217. The van der Waals surface area contributed by atoms with Gasteiger partial charge in [-0.05, 0) is 7.05 Å². The molecule has 0 atom stereocenters. The number of hydrogen-bond acceptors (Lipinski definition) is 4. The van der Waals surface area contributed by atoms with Crippen molar-refractivity contribution in [2.45, 2.75) is 6.92 Å². The Hall–Kier alpha value is -0.740. The van der Waals surface area contributed by atoms with Gasteiger partial charge in [0.15, 0.2) is 12.1 Å². The van der Waals surface area contributed by atoms with Gasteiger partial charge >= 0.3 is 0 Å². The van der Waals surface area contributed by atoms with Crippen LogP contribution in [-0.2, 0) is 14.3 Å². The number of morpholine rings is 1. The summed E-state index contributed by atoms with van der Waals surface area (Å²) in [5.74, 6) is -0.426. The Labute approximate surface area is 72.5 Å². The van der Waals surface area contributed by atoms with Crippen LogP contribution in [0.15, 0.2) is 0 Å². The van der Waals surface area contributed by atoms with Crippen LogP contribution in [0.2, 0.25) is 0 Å². The van der Waals surface area contributed by atoms with Gasteiger partial charge in [0.05, 0.1) is 13.2 Å². The molecule has 1 aliphatic heterocycles. The fourth-order valence-electron chi connectivity index (χ4n) is 0.655. The van der Waals surface area contributed by atoms with Crippen molar-refractivity contribution in [3.05, 3.63) is 0 Å². The quantitative estimate of drug-likeness (QED) is 0.404. The molecule has 0 aromatic heterocycles. The van der Waals surface area contributed by atoms with Crippen LogP contribution in [0.5, 0.6) is 0 Å². The molecule has 0 radical (unpaired) electrons. The second-order valence-electron chi connectivity index (χ2n) is 2.64. The van der Waals surface area contributed by atoms with Crippen molar-refractivity contribution in [2.24, 2.45) is 0 Å². The average molecular weight is 173 g/mol. The molecule has 1 saturated heterocycles. The van der Waals surface area contributed by atoms with Crippen LogP contribution < -0.4 is 0 Å². The summed E-state index contributed by atoms with van der Waals surface area (Å²) >= 11 is 0. The number of carbonyl (C=O) groups is 2. The minimum Gasteiger partial charge on any atom is -0.379 e. The maximum atomic E-state index is 9.44. The van der Waals surface area contributed by atoms with Gasteiger partial charge in [0, 0.05) is 20.0 Å². The van der Waals surface area contributed by atoms with Crippen LogP contribution in [0.4, 0.5) is 0 Å². The fourth-order valence-corrected chi connectivity index (χ4v) is 0.655. The van der Waals surface area contributed by atoms with E-state index >= 15 is 0 Å². The topological polar surface area (TPSA) is 46.6 Å². The van der Waals surface area contributed by atoms with Crippen molar-refractivity contribution in [2.75, 3.05) is 33.4 Å². The molecule has 1 rings (SSSR count). The van der Waals surface area contributed by atoms with Crippen LogP contribution in [0.25, 0.3) is 0 Å². The van der Waals surface area contributed by atoms with E-state index in [1.165, 1.54) is 6.92 Å². The van der Waals surface area contributed by atoms with Crippen LogP contribution in [0.1, 0.15) is 6.92 Å². The van der Waals surface area contributed by atoms with Gasteiger partial charge in [-0.1, -0.05) is 0 Å². The Morgan fingerprint density at radius 1 is 1.42 bits per heavy atom. The molecular weight excluding hydrogens is 158 g/mol. The first-order chi connectivity index (χ1) is 5.66. The van der Waals surface area contributed by atoms with Crippen molar-refractivity contribution >= 4 is 12.1 Å². The standard InChI is InChI=1S/C5H11NO.C3H4O2/c1-6-2-4-7-5-3-6;1-3(5)2-4/h2-5H2,1H3;2H,1H3. The number of hydrogen-bond donors (Lipinski definition) is 0. The van der Waals surface area contributed by atoms with E-state index < -0.39 is 5.78 Å². The first-order valence-corrected chi connectivity index (χ1v) is 3.89. The van der Waals surface area contributed by atoms with Crippen LogP contribution in [-0.4, -0.2) is 50.3 Å². The maximum Gasteiger partial charge on any atom is 0.192 e. The molecule has 0 aliphatic carbocycles. The summed E-state index contributed by atoms with van der Waals surface area (Å²) in [5, 5.41) is 0. The minimum atomic E-state index is -0.426. The molecule has 0 saturated carbocycles. The molecule has 4 heteroatoms. The van der Waals surface area contributed by atoms with Gasteiger partial charge in [-0.2, -0.15) is 0 Å². The van der Waals surface area contributed by atoms with Crippen molar-refractivity contribution in [1.82, 2.24) is 4.90 Å². The molecule has 0 bridgehead atoms. The highest BCUT2D eigenvalue weighted by Crippen LogP contribution is 1.89. The molecule has 0 aromatic carbocycles. The number of Topliss-reactive ketones (excluding diaryl/α,β-unsaturated/α-hetero) is 1. The van der Waals surface area contributed by atoms with Gasteiger partial charge in [-0.15, -0.1) is 0 Å². The summed E-state index contributed by atoms with van der Waals surface area (Å²) in [7, 11) is 2.11. The van der Waals surface area contributed by atoms with E-state index in [2.05, 4.69) is 11.9 Å². The van der Waals surface area contributed by atoms with Crippen molar-refractivity contribution in [3.63, 3.8) is 0 Å². The van der Waals surface area contributed by atoms with E-state index in [1.807, 2.05) is 0 Å². The smallest absolute Gasteiger partial charge is 0.192 e. The average Bonchev–Trinajstić information content (AvgIpc) is 2.07. The molecule has 0 N–H and O–H groups in total. The predicted molar refractivity (Wildman–Crippen MR) is 45.1 cm³/mol. The third-order valence-electron chi connectivity index (χ3n) is 1.40. The number of rotatable bonds is 1. The number of carbonyl (C=O) groups excluding carboxylic acids is 2. The lowest BCUT2D eigenvalue weighted by Crippen LogP contribution is -2.32. The molecule has 1 heterocycles. The Bertz CT molecular complexity index is 141. The summed E-state index contributed by atoms with van der Waals surface area (Å²) in [4.78, 5) is 20.9. The Morgan fingerprint density at radius 2 is 1.83 bits per heavy atom. The fraction of sp³-hybridized carbons (Fsp3) is 0.750. The summed E-state index contributed by atoms with van der Waals surface area (Å²) in [6.07, 6.45) is 0.278. The molecule has 70 valence electrons. The normalized spacial score (nSPS) is 17.5. The second-order valence-corrected chi connectivity index (χ2v) is 2.64. The molecule has 0 aromatic rings. The van der Waals surface area contributed by atoms with Gasteiger partial charge in [-0.25, -0.2) is 0 Å². The summed E-state index contributed by atoms with van der Waals surface area (Å²) in [5.41, 5.74) is 0. The van der Waals surface area contributed by atoms with Crippen LogP contribution >= 0.6 is 0 Å². The highest BCUT2D eigenvalue weighted by Gasteiger charge is 2.02. The van der Waals surface area contributed by atoms with Gasteiger partial charge < -0.3 is 9.64 Å². The number of aldehydes is 1. The van der Waals surface area contributed by atoms with Crippen molar-refractivity contribution in [3.8, 4) is 0 Å². The van der Waals surface area contributed by atoms with Gasteiger partial charge in [-0.3, -0.25) is 9.59 Å². The Morgan fingerprint density at radius 3 is 2.00 bits per heavy atom. The summed E-state index contributed by atoms with van der Waals surface area (Å²) < 4.78 is 5.10. The van der Waals surface area contributed by atoms with E-state index in [1.54, 1.807) is 0 Å². The SMILES string of the molecule is CC(=O)C=O.CN1CCOCC1. The first kappa shape index (κ1) is 11.3. The number of ether oxygens (including phenoxy) is 1. The molecule has 0 unspecified atom stereocenters. The number of nitrogens with zero attached hydrogens (tertiary/aromatic N) is 1. The van der Waals surface area contributed by atoms with E-state index in [0.717, 1.165) is 26.3 Å². The highest BCUT2D eigenvalue weighted by atomic mass is 16.5. The summed E-state index contributed by atoms with van der Waals surface area (Å²) in [6.45, 7) is 5.24. The zero-order chi connectivity index (χ0) is 9.40. The van der Waals surface area contributed by atoms with E-state index in [0.29, 0.717) is 0 Å². The van der Waals surface area contributed by atoms with Crippen LogP contribution in [0, 0.1) is 0 Å².